The Hall–Kier alpha value is -1.49. The fraction of sp³-hybridized carbons (Fsp3) is 0.643. The molecule has 19 heavy (non-hydrogen) atoms. The molecule has 0 unspecified atom stereocenters. The Bertz CT molecular complexity index is 445. The third kappa shape index (κ3) is 4.59. The monoisotopic (exact) mass is 265 g/mol. The first-order valence-electron chi connectivity index (χ1n) is 6.73. The van der Waals surface area contributed by atoms with Crippen LogP contribution in [0.15, 0.2) is 6.20 Å². The van der Waals surface area contributed by atoms with E-state index in [1.807, 2.05) is 0 Å². The Kier molecular flexibility index (Phi) is 5.89. The van der Waals surface area contributed by atoms with E-state index < -0.39 is 0 Å². The number of nitro groups is 1. The van der Waals surface area contributed by atoms with E-state index in [4.69, 9.17) is 0 Å². The summed E-state index contributed by atoms with van der Waals surface area (Å²) < 4.78 is 0. The SMILES string of the molecule is Cc1cnc(CNCCCC(C)C)c(C)c1[N+](=O)[O-]. The lowest BCUT2D eigenvalue weighted by molar-refractivity contribution is -0.386. The lowest BCUT2D eigenvalue weighted by Crippen LogP contribution is -2.17. The molecule has 0 radical (unpaired) electrons. The van der Waals surface area contributed by atoms with Gasteiger partial charge in [0.1, 0.15) is 0 Å². The number of hydrogen-bond donors (Lipinski definition) is 1. The molecule has 0 atom stereocenters. The predicted octanol–water partition coefficient (Wildman–Crippen LogP) is 3.13. The summed E-state index contributed by atoms with van der Waals surface area (Å²) in [4.78, 5) is 15.0. The van der Waals surface area contributed by atoms with E-state index in [9.17, 15) is 10.1 Å². The molecule has 1 N–H and O–H groups in total. The largest absolute Gasteiger partial charge is 0.311 e. The molecule has 0 aliphatic rings. The molecule has 0 aliphatic carbocycles. The Balaban J connectivity index is 2.60. The van der Waals surface area contributed by atoms with Crippen LogP contribution in [0, 0.1) is 29.9 Å². The quantitative estimate of drug-likeness (QED) is 0.467. The standard InChI is InChI=1S/C14H23N3O2/c1-10(2)6-5-7-15-9-13-12(4)14(17(18)19)11(3)8-16-13/h8,10,15H,5-7,9H2,1-4H3. The van der Waals surface area contributed by atoms with Gasteiger partial charge in [-0.05, 0) is 39.2 Å². The summed E-state index contributed by atoms with van der Waals surface area (Å²) in [7, 11) is 0. The van der Waals surface area contributed by atoms with E-state index in [2.05, 4.69) is 24.1 Å². The number of aromatic nitrogens is 1. The average Bonchev–Trinajstić information content (AvgIpc) is 2.30. The van der Waals surface area contributed by atoms with Gasteiger partial charge in [-0.3, -0.25) is 15.1 Å². The van der Waals surface area contributed by atoms with Crippen LogP contribution in [0.5, 0.6) is 0 Å². The van der Waals surface area contributed by atoms with Gasteiger partial charge >= 0.3 is 0 Å². The summed E-state index contributed by atoms with van der Waals surface area (Å²) in [5, 5.41) is 14.3. The van der Waals surface area contributed by atoms with E-state index in [0.29, 0.717) is 23.6 Å². The second-order valence-corrected chi connectivity index (χ2v) is 5.33. The minimum Gasteiger partial charge on any atom is -0.311 e. The Morgan fingerprint density at radius 1 is 1.42 bits per heavy atom. The van der Waals surface area contributed by atoms with Gasteiger partial charge in [0, 0.05) is 23.9 Å². The van der Waals surface area contributed by atoms with Crippen LogP contribution < -0.4 is 5.32 Å². The third-order valence-electron chi connectivity index (χ3n) is 3.19. The molecular formula is C14H23N3O2. The molecule has 106 valence electrons. The number of rotatable bonds is 7. The molecule has 5 nitrogen and oxygen atoms in total. The minimum atomic E-state index is -0.325. The average molecular weight is 265 g/mol. The van der Waals surface area contributed by atoms with Crippen molar-refractivity contribution in [2.45, 2.75) is 47.1 Å². The number of hydrogen-bond acceptors (Lipinski definition) is 4. The molecule has 0 aromatic carbocycles. The first kappa shape index (κ1) is 15.6. The zero-order valence-electron chi connectivity index (χ0n) is 12.2. The van der Waals surface area contributed by atoms with Crippen molar-refractivity contribution >= 4 is 5.69 Å². The number of pyridine rings is 1. The van der Waals surface area contributed by atoms with Crippen molar-refractivity contribution < 1.29 is 4.92 Å². The molecule has 1 aromatic heterocycles. The van der Waals surface area contributed by atoms with E-state index in [-0.39, 0.29) is 10.6 Å². The molecule has 1 heterocycles. The highest BCUT2D eigenvalue weighted by Crippen LogP contribution is 2.23. The fourth-order valence-electron chi connectivity index (χ4n) is 2.07. The Morgan fingerprint density at radius 2 is 2.11 bits per heavy atom. The summed E-state index contributed by atoms with van der Waals surface area (Å²) in [6.07, 6.45) is 3.88. The summed E-state index contributed by atoms with van der Waals surface area (Å²) in [5.74, 6) is 0.710. The van der Waals surface area contributed by atoms with Gasteiger partial charge in [0.05, 0.1) is 10.6 Å². The smallest absolute Gasteiger partial charge is 0.278 e. The van der Waals surface area contributed by atoms with Crippen LogP contribution in [-0.2, 0) is 6.54 Å². The van der Waals surface area contributed by atoms with Gasteiger partial charge in [-0.1, -0.05) is 13.8 Å². The summed E-state index contributed by atoms with van der Waals surface area (Å²) >= 11 is 0. The predicted molar refractivity (Wildman–Crippen MR) is 76.1 cm³/mol. The van der Waals surface area contributed by atoms with Crippen molar-refractivity contribution in [1.29, 1.82) is 0 Å². The highest BCUT2D eigenvalue weighted by atomic mass is 16.6. The fourth-order valence-corrected chi connectivity index (χ4v) is 2.07. The van der Waals surface area contributed by atoms with Gasteiger partial charge in [-0.2, -0.15) is 0 Å². The van der Waals surface area contributed by atoms with Crippen LogP contribution in [0.4, 0.5) is 5.69 Å². The number of nitrogens with one attached hydrogen (secondary N) is 1. The second-order valence-electron chi connectivity index (χ2n) is 5.33. The maximum absolute atomic E-state index is 11.0. The lowest BCUT2D eigenvalue weighted by atomic mass is 10.1. The molecule has 1 aromatic rings. The highest BCUT2D eigenvalue weighted by Gasteiger charge is 2.18. The maximum atomic E-state index is 11.0. The second kappa shape index (κ2) is 7.19. The van der Waals surface area contributed by atoms with Crippen LogP contribution in [0.25, 0.3) is 0 Å². The molecule has 0 aliphatic heterocycles. The van der Waals surface area contributed by atoms with Crippen molar-refractivity contribution in [1.82, 2.24) is 10.3 Å². The molecule has 0 saturated carbocycles. The van der Waals surface area contributed by atoms with E-state index >= 15 is 0 Å². The van der Waals surface area contributed by atoms with E-state index in [1.165, 1.54) is 6.42 Å². The zero-order chi connectivity index (χ0) is 14.4. The van der Waals surface area contributed by atoms with Crippen molar-refractivity contribution in [2.75, 3.05) is 6.54 Å². The van der Waals surface area contributed by atoms with Gasteiger partial charge in [0.15, 0.2) is 0 Å². The van der Waals surface area contributed by atoms with Crippen molar-refractivity contribution in [3.63, 3.8) is 0 Å². The first-order chi connectivity index (χ1) is 8.93. The van der Waals surface area contributed by atoms with Crippen molar-refractivity contribution in [2.24, 2.45) is 5.92 Å². The number of nitrogens with zero attached hydrogens (tertiary/aromatic N) is 2. The first-order valence-corrected chi connectivity index (χ1v) is 6.73. The highest BCUT2D eigenvalue weighted by molar-refractivity contribution is 5.47. The van der Waals surface area contributed by atoms with Crippen LogP contribution in [0.1, 0.15) is 43.5 Å². The van der Waals surface area contributed by atoms with Crippen LogP contribution in [0.3, 0.4) is 0 Å². The molecule has 0 spiro atoms. The topological polar surface area (TPSA) is 68.1 Å². The van der Waals surface area contributed by atoms with E-state index in [1.54, 1.807) is 20.0 Å². The molecule has 5 heteroatoms. The summed E-state index contributed by atoms with van der Waals surface area (Å²) in [5.41, 5.74) is 2.24. The van der Waals surface area contributed by atoms with Gasteiger partial charge < -0.3 is 5.32 Å². The summed E-state index contributed by atoms with van der Waals surface area (Å²) in [6, 6.07) is 0. The molecule has 0 amide bonds. The third-order valence-corrected chi connectivity index (χ3v) is 3.19. The summed E-state index contributed by atoms with van der Waals surface area (Å²) in [6.45, 7) is 9.40. The molecule has 1 rings (SSSR count). The van der Waals surface area contributed by atoms with Crippen molar-refractivity contribution in [3.8, 4) is 0 Å². The van der Waals surface area contributed by atoms with E-state index in [0.717, 1.165) is 18.7 Å². The normalized spacial score (nSPS) is 11.0. The van der Waals surface area contributed by atoms with Crippen LogP contribution in [0.2, 0.25) is 0 Å². The van der Waals surface area contributed by atoms with Gasteiger partial charge in [0.25, 0.3) is 5.69 Å². The lowest BCUT2D eigenvalue weighted by Gasteiger charge is -2.09. The molecular weight excluding hydrogens is 242 g/mol. The number of aryl methyl sites for hydroxylation is 1. The molecule has 0 fully saturated rings. The molecule has 0 saturated heterocycles. The van der Waals surface area contributed by atoms with Gasteiger partial charge in [0.2, 0.25) is 0 Å². The van der Waals surface area contributed by atoms with Crippen molar-refractivity contribution in [3.05, 3.63) is 33.1 Å². The van der Waals surface area contributed by atoms with Crippen LogP contribution >= 0.6 is 0 Å². The van der Waals surface area contributed by atoms with Crippen LogP contribution in [-0.4, -0.2) is 16.5 Å². The van der Waals surface area contributed by atoms with Gasteiger partial charge in [-0.25, -0.2) is 0 Å². The Morgan fingerprint density at radius 3 is 2.68 bits per heavy atom. The molecule has 0 bridgehead atoms. The van der Waals surface area contributed by atoms with Gasteiger partial charge in [-0.15, -0.1) is 0 Å². The zero-order valence-corrected chi connectivity index (χ0v) is 12.2. The minimum absolute atomic E-state index is 0.189. The maximum Gasteiger partial charge on any atom is 0.278 e. The Labute approximate surface area is 114 Å².